The summed E-state index contributed by atoms with van der Waals surface area (Å²) in [5, 5.41) is 6.95. The number of rotatable bonds is 5. The second-order valence-electron chi connectivity index (χ2n) is 5.65. The molecule has 1 amide bonds. The van der Waals surface area contributed by atoms with Gasteiger partial charge in [-0.25, -0.2) is 4.98 Å². The van der Waals surface area contributed by atoms with Crippen LogP contribution in [0.3, 0.4) is 0 Å². The van der Waals surface area contributed by atoms with Crippen LogP contribution in [0.1, 0.15) is 31.0 Å². The molecule has 0 fully saturated rings. The van der Waals surface area contributed by atoms with Crippen molar-refractivity contribution < 1.29 is 4.79 Å². The molecular weight excluding hydrogens is 294 g/mol. The first-order chi connectivity index (χ1) is 10.6. The van der Waals surface area contributed by atoms with E-state index in [0.717, 1.165) is 22.2 Å². The van der Waals surface area contributed by atoms with Gasteiger partial charge in [-0.2, -0.15) is 11.3 Å². The lowest BCUT2D eigenvalue weighted by Gasteiger charge is -2.08. The minimum Gasteiger partial charge on any atom is -0.352 e. The Kier molecular flexibility index (Phi) is 4.24. The van der Waals surface area contributed by atoms with E-state index in [1.807, 2.05) is 35.3 Å². The Labute approximate surface area is 133 Å². The maximum atomic E-state index is 11.9. The number of hydrogen-bond acceptors (Lipinski definition) is 3. The van der Waals surface area contributed by atoms with Gasteiger partial charge in [-0.1, -0.05) is 6.07 Å². The first-order valence-electron chi connectivity index (χ1n) is 7.36. The smallest absolute Gasteiger partial charge is 0.224 e. The summed E-state index contributed by atoms with van der Waals surface area (Å²) in [7, 11) is 0. The van der Waals surface area contributed by atoms with Crippen molar-refractivity contribution >= 4 is 28.3 Å². The molecule has 0 aliphatic carbocycles. The quantitative estimate of drug-likeness (QED) is 0.783. The lowest BCUT2D eigenvalue weighted by Crippen LogP contribution is -2.24. The highest BCUT2D eigenvalue weighted by molar-refractivity contribution is 7.07. The summed E-state index contributed by atoms with van der Waals surface area (Å²) in [6.07, 6.45) is 2.31. The van der Waals surface area contributed by atoms with Crippen LogP contribution in [0.4, 0.5) is 0 Å². The predicted molar refractivity (Wildman–Crippen MR) is 90.0 cm³/mol. The van der Waals surface area contributed by atoms with Crippen molar-refractivity contribution in [1.82, 2.24) is 14.9 Å². The van der Waals surface area contributed by atoms with E-state index >= 15 is 0 Å². The Morgan fingerprint density at radius 3 is 2.91 bits per heavy atom. The highest BCUT2D eigenvalue weighted by Crippen LogP contribution is 2.18. The van der Waals surface area contributed by atoms with E-state index in [9.17, 15) is 4.79 Å². The lowest BCUT2D eigenvalue weighted by molar-refractivity contribution is -0.120. The molecule has 0 radical (unpaired) electrons. The monoisotopic (exact) mass is 313 g/mol. The van der Waals surface area contributed by atoms with Crippen molar-refractivity contribution in [3.8, 4) is 0 Å². The van der Waals surface area contributed by atoms with Gasteiger partial charge in [0.15, 0.2) is 0 Å². The van der Waals surface area contributed by atoms with Gasteiger partial charge in [0.25, 0.3) is 0 Å². The molecule has 3 rings (SSSR count). The van der Waals surface area contributed by atoms with Gasteiger partial charge in [-0.3, -0.25) is 4.79 Å². The third-order valence-electron chi connectivity index (χ3n) is 3.63. The van der Waals surface area contributed by atoms with Crippen LogP contribution in [-0.4, -0.2) is 15.5 Å². The number of hydrogen-bond donors (Lipinski definition) is 1. The van der Waals surface area contributed by atoms with E-state index in [1.54, 1.807) is 11.3 Å². The second kappa shape index (κ2) is 6.32. The molecule has 4 nitrogen and oxygen atoms in total. The summed E-state index contributed by atoms with van der Waals surface area (Å²) in [5.74, 6) is 0.0474. The minimum absolute atomic E-state index is 0.0474. The number of aromatic nitrogens is 2. The van der Waals surface area contributed by atoms with Gasteiger partial charge in [-0.15, -0.1) is 0 Å². The maximum Gasteiger partial charge on any atom is 0.224 e. The van der Waals surface area contributed by atoms with Crippen molar-refractivity contribution in [1.29, 1.82) is 0 Å². The van der Waals surface area contributed by atoms with Gasteiger partial charge < -0.3 is 9.88 Å². The Bertz CT molecular complexity index is 774. The Morgan fingerprint density at radius 2 is 2.18 bits per heavy atom. The first kappa shape index (κ1) is 14.8. The van der Waals surface area contributed by atoms with Gasteiger partial charge in [0.2, 0.25) is 5.91 Å². The molecule has 1 N–H and O–H groups in total. The van der Waals surface area contributed by atoms with Crippen LogP contribution in [0.2, 0.25) is 0 Å². The van der Waals surface area contributed by atoms with E-state index in [-0.39, 0.29) is 5.91 Å². The highest BCUT2D eigenvalue weighted by Gasteiger charge is 2.07. The SMILES string of the molecule is CC(C)n1cnc2cc(CNC(=O)Cc3ccsc3)ccc21. The lowest BCUT2D eigenvalue weighted by atomic mass is 10.2. The summed E-state index contributed by atoms with van der Waals surface area (Å²) in [5.41, 5.74) is 4.23. The fraction of sp³-hybridized carbons (Fsp3) is 0.294. The molecule has 0 spiro atoms. The van der Waals surface area contributed by atoms with Crippen molar-refractivity contribution in [2.75, 3.05) is 0 Å². The number of amides is 1. The van der Waals surface area contributed by atoms with Crippen LogP contribution in [0.5, 0.6) is 0 Å². The standard InChI is InChI=1S/C17H19N3OS/c1-12(2)20-11-19-15-7-13(3-4-16(15)20)9-18-17(21)8-14-5-6-22-10-14/h3-7,10-12H,8-9H2,1-2H3,(H,18,21). The highest BCUT2D eigenvalue weighted by atomic mass is 32.1. The molecule has 0 aliphatic rings. The number of thiophene rings is 1. The summed E-state index contributed by atoms with van der Waals surface area (Å²) in [6.45, 7) is 4.81. The third-order valence-corrected chi connectivity index (χ3v) is 4.36. The van der Waals surface area contributed by atoms with Crippen molar-refractivity contribution in [3.05, 3.63) is 52.5 Å². The first-order valence-corrected chi connectivity index (χ1v) is 8.31. The van der Waals surface area contributed by atoms with Gasteiger partial charge in [-0.05, 0) is 53.9 Å². The molecule has 114 valence electrons. The van der Waals surface area contributed by atoms with Gasteiger partial charge in [0.05, 0.1) is 23.8 Å². The third kappa shape index (κ3) is 3.20. The Hall–Kier alpha value is -2.14. The normalized spacial score (nSPS) is 11.2. The largest absolute Gasteiger partial charge is 0.352 e. The average molecular weight is 313 g/mol. The molecule has 0 aliphatic heterocycles. The number of carbonyl (C=O) groups is 1. The molecule has 22 heavy (non-hydrogen) atoms. The zero-order valence-electron chi connectivity index (χ0n) is 12.7. The molecule has 0 bridgehead atoms. The minimum atomic E-state index is 0.0474. The predicted octanol–water partition coefficient (Wildman–Crippen LogP) is 3.54. The van der Waals surface area contributed by atoms with Crippen LogP contribution >= 0.6 is 11.3 Å². The molecule has 2 aromatic heterocycles. The summed E-state index contributed by atoms with van der Waals surface area (Å²) in [4.78, 5) is 16.4. The number of nitrogens with zero attached hydrogens (tertiary/aromatic N) is 2. The van der Waals surface area contributed by atoms with Crippen molar-refractivity contribution in [3.63, 3.8) is 0 Å². The fourth-order valence-electron chi connectivity index (χ4n) is 2.44. The number of carbonyl (C=O) groups excluding carboxylic acids is 1. The van der Waals surface area contributed by atoms with Crippen LogP contribution < -0.4 is 5.32 Å². The topological polar surface area (TPSA) is 46.9 Å². The molecule has 0 saturated carbocycles. The molecular formula is C17H19N3OS. The number of benzene rings is 1. The van der Waals surface area contributed by atoms with Crippen LogP contribution in [-0.2, 0) is 17.8 Å². The molecule has 1 aromatic carbocycles. The fourth-order valence-corrected chi connectivity index (χ4v) is 3.11. The van der Waals surface area contributed by atoms with Crippen LogP contribution in [0.15, 0.2) is 41.4 Å². The molecule has 3 aromatic rings. The van der Waals surface area contributed by atoms with E-state index in [0.29, 0.717) is 19.0 Å². The number of fused-ring (bicyclic) bond motifs is 1. The van der Waals surface area contributed by atoms with Crippen LogP contribution in [0.25, 0.3) is 11.0 Å². The molecule has 0 atom stereocenters. The van der Waals surface area contributed by atoms with Gasteiger partial charge >= 0.3 is 0 Å². The average Bonchev–Trinajstić information content (AvgIpc) is 3.13. The second-order valence-corrected chi connectivity index (χ2v) is 6.43. The van der Waals surface area contributed by atoms with Gasteiger partial charge in [0.1, 0.15) is 0 Å². The maximum absolute atomic E-state index is 11.9. The zero-order valence-corrected chi connectivity index (χ0v) is 13.6. The Morgan fingerprint density at radius 1 is 1.32 bits per heavy atom. The van der Waals surface area contributed by atoms with Gasteiger partial charge in [0, 0.05) is 12.6 Å². The van der Waals surface area contributed by atoms with Crippen molar-refractivity contribution in [2.45, 2.75) is 32.9 Å². The molecule has 0 saturated heterocycles. The molecule has 5 heteroatoms. The van der Waals surface area contributed by atoms with E-state index in [2.05, 4.69) is 34.8 Å². The van der Waals surface area contributed by atoms with Crippen LogP contribution in [0, 0.1) is 0 Å². The van der Waals surface area contributed by atoms with E-state index < -0.39 is 0 Å². The molecule has 2 heterocycles. The number of imidazole rings is 1. The van der Waals surface area contributed by atoms with E-state index in [1.165, 1.54) is 0 Å². The summed E-state index contributed by atoms with van der Waals surface area (Å²) >= 11 is 1.61. The Balaban J connectivity index is 1.65. The van der Waals surface area contributed by atoms with E-state index in [4.69, 9.17) is 0 Å². The molecule has 0 unspecified atom stereocenters. The van der Waals surface area contributed by atoms with Crippen molar-refractivity contribution in [2.24, 2.45) is 0 Å². The summed E-state index contributed by atoms with van der Waals surface area (Å²) in [6, 6.07) is 8.53. The summed E-state index contributed by atoms with van der Waals surface area (Å²) < 4.78 is 2.15. The number of nitrogens with one attached hydrogen (secondary N) is 1. The zero-order chi connectivity index (χ0) is 15.5.